The van der Waals surface area contributed by atoms with Crippen molar-refractivity contribution in [2.45, 2.75) is 38.6 Å². The highest BCUT2D eigenvalue weighted by Gasteiger charge is 2.20. The highest BCUT2D eigenvalue weighted by molar-refractivity contribution is 6.32. The van der Waals surface area contributed by atoms with Gasteiger partial charge < -0.3 is 16.4 Å². The molecule has 0 bridgehead atoms. The van der Waals surface area contributed by atoms with Gasteiger partial charge in [0, 0.05) is 19.6 Å². The largest absolute Gasteiger partial charge is 0.382 e. The first-order chi connectivity index (χ1) is 12.4. The number of carbonyl (C=O) groups excluding carboxylic acids is 2. The molecule has 11 heteroatoms. The van der Waals surface area contributed by atoms with Crippen LogP contribution in [0.3, 0.4) is 0 Å². The van der Waals surface area contributed by atoms with E-state index >= 15 is 0 Å². The number of nitrogens with one attached hydrogen (secondary N) is 3. The Labute approximate surface area is 156 Å². The van der Waals surface area contributed by atoms with Crippen LogP contribution < -0.4 is 21.8 Å². The molecule has 26 heavy (non-hydrogen) atoms. The second-order valence-corrected chi connectivity index (χ2v) is 6.21. The summed E-state index contributed by atoms with van der Waals surface area (Å²) in [5.74, 6) is -0.406. The fourth-order valence-electron chi connectivity index (χ4n) is 2.53. The van der Waals surface area contributed by atoms with Crippen LogP contribution in [0, 0.1) is 0 Å². The summed E-state index contributed by atoms with van der Waals surface area (Å²) < 4.78 is 0. The molecule has 0 atom stereocenters. The van der Waals surface area contributed by atoms with Crippen molar-refractivity contribution in [3.05, 3.63) is 10.8 Å². The zero-order chi connectivity index (χ0) is 19.1. The van der Waals surface area contributed by atoms with Gasteiger partial charge >= 0.3 is 11.9 Å². The van der Waals surface area contributed by atoms with Gasteiger partial charge in [-0.3, -0.25) is 9.80 Å². The maximum Gasteiger partial charge on any atom is 0.333 e. The Morgan fingerprint density at radius 2 is 2.08 bits per heavy atom. The Balaban J connectivity index is 2.02. The number of aromatic nitrogens is 2. The molecule has 1 aromatic rings. The Morgan fingerprint density at radius 1 is 1.38 bits per heavy atom. The number of hydrogen-bond donors (Lipinski definition) is 4. The van der Waals surface area contributed by atoms with Crippen molar-refractivity contribution in [2.24, 2.45) is 4.99 Å². The lowest BCUT2D eigenvalue weighted by Crippen LogP contribution is -2.44. The van der Waals surface area contributed by atoms with Crippen LogP contribution in [0.15, 0.2) is 4.99 Å². The number of nitrogens with zero attached hydrogens (tertiary/aromatic N) is 4. The van der Waals surface area contributed by atoms with E-state index in [1.54, 1.807) is 6.92 Å². The average molecular weight is 383 g/mol. The zero-order valence-corrected chi connectivity index (χ0v) is 15.5. The predicted octanol–water partition coefficient (Wildman–Crippen LogP) is 1.40. The SMILES string of the molecule is CCNC(=O)NN(C)C=NC(=O)c1nc(Cl)c(NC2CCCC2)nc1N. The van der Waals surface area contributed by atoms with E-state index in [2.05, 4.69) is 31.0 Å². The Bertz CT molecular complexity index is 690. The molecule has 1 saturated carbocycles. The Morgan fingerprint density at radius 3 is 2.73 bits per heavy atom. The van der Waals surface area contributed by atoms with E-state index in [0.29, 0.717) is 12.4 Å². The minimum Gasteiger partial charge on any atom is -0.382 e. The van der Waals surface area contributed by atoms with Crippen LogP contribution in [0.1, 0.15) is 43.1 Å². The average Bonchev–Trinajstić information content (AvgIpc) is 3.09. The van der Waals surface area contributed by atoms with Crippen LogP contribution in [0.2, 0.25) is 5.15 Å². The van der Waals surface area contributed by atoms with E-state index in [1.165, 1.54) is 12.1 Å². The number of amides is 3. The first kappa shape index (κ1) is 19.7. The first-order valence-corrected chi connectivity index (χ1v) is 8.73. The van der Waals surface area contributed by atoms with Crippen LogP contribution in [-0.2, 0) is 0 Å². The lowest BCUT2D eigenvalue weighted by molar-refractivity contribution is 0.0997. The van der Waals surface area contributed by atoms with E-state index in [4.69, 9.17) is 17.3 Å². The molecule has 3 amide bonds. The first-order valence-electron chi connectivity index (χ1n) is 8.36. The van der Waals surface area contributed by atoms with Crippen LogP contribution in [-0.4, -0.2) is 52.9 Å². The molecule has 10 nitrogen and oxygen atoms in total. The number of urea groups is 1. The maximum absolute atomic E-state index is 12.2. The summed E-state index contributed by atoms with van der Waals surface area (Å²) in [5.41, 5.74) is 8.13. The minimum absolute atomic E-state index is 0.0589. The van der Waals surface area contributed by atoms with Gasteiger partial charge in [0.05, 0.1) is 0 Å². The predicted molar refractivity (Wildman–Crippen MR) is 100 cm³/mol. The van der Waals surface area contributed by atoms with Gasteiger partial charge in [-0.1, -0.05) is 24.4 Å². The molecule has 0 radical (unpaired) electrons. The molecular weight excluding hydrogens is 360 g/mol. The third-order valence-corrected chi connectivity index (χ3v) is 4.01. The number of hydrogen-bond acceptors (Lipinski definition) is 6. The van der Waals surface area contributed by atoms with Crippen LogP contribution in [0.25, 0.3) is 0 Å². The molecule has 1 aliphatic rings. The third-order valence-electron chi connectivity index (χ3n) is 3.74. The molecule has 0 spiro atoms. The van der Waals surface area contributed by atoms with E-state index in [0.717, 1.165) is 32.0 Å². The molecule has 1 heterocycles. The number of halogens is 1. The van der Waals surface area contributed by atoms with Gasteiger partial charge in [0.25, 0.3) is 0 Å². The number of nitrogen functional groups attached to an aromatic ring is 1. The third kappa shape index (κ3) is 5.45. The molecule has 5 N–H and O–H groups in total. The molecule has 1 aromatic heterocycles. The second-order valence-electron chi connectivity index (χ2n) is 5.85. The van der Waals surface area contributed by atoms with Crippen molar-refractivity contribution in [3.8, 4) is 0 Å². The van der Waals surface area contributed by atoms with Gasteiger partial charge in [0.15, 0.2) is 22.5 Å². The summed E-state index contributed by atoms with van der Waals surface area (Å²) >= 11 is 6.12. The minimum atomic E-state index is -0.714. The smallest absolute Gasteiger partial charge is 0.333 e. The molecule has 1 fully saturated rings. The highest BCUT2D eigenvalue weighted by Crippen LogP contribution is 2.26. The molecule has 142 valence electrons. The summed E-state index contributed by atoms with van der Waals surface area (Å²) in [5, 5.41) is 7.04. The zero-order valence-electron chi connectivity index (χ0n) is 14.8. The van der Waals surface area contributed by atoms with Gasteiger partial charge in [0.2, 0.25) is 0 Å². The van der Waals surface area contributed by atoms with E-state index in [1.807, 2.05) is 0 Å². The molecule has 2 rings (SSSR count). The van der Waals surface area contributed by atoms with Crippen molar-refractivity contribution in [1.82, 2.24) is 25.7 Å². The summed E-state index contributed by atoms with van der Waals surface area (Å²) in [6.07, 6.45) is 5.52. The summed E-state index contributed by atoms with van der Waals surface area (Å²) in [6.45, 7) is 2.26. The number of carbonyl (C=O) groups is 2. The second kappa shape index (κ2) is 9.18. The fraction of sp³-hybridized carbons (Fsp3) is 0.533. The van der Waals surface area contributed by atoms with Crippen molar-refractivity contribution < 1.29 is 9.59 Å². The molecule has 0 aliphatic heterocycles. The lowest BCUT2D eigenvalue weighted by atomic mass is 10.2. The van der Waals surface area contributed by atoms with Crippen molar-refractivity contribution in [2.75, 3.05) is 24.6 Å². The summed E-state index contributed by atoms with van der Waals surface area (Å²) in [6, 6.07) is -0.131. The van der Waals surface area contributed by atoms with E-state index in [-0.39, 0.29) is 22.7 Å². The molecule has 0 saturated heterocycles. The number of anilines is 2. The normalized spacial score (nSPS) is 14.4. The van der Waals surface area contributed by atoms with Gasteiger partial charge in [-0.05, 0) is 19.8 Å². The van der Waals surface area contributed by atoms with Crippen LogP contribution in [0.5, 0.6) is 0 Å². The molecule has 1 aliphatic carbocycles. The summed E-state index contributed by atoms with van der Waals surface area (Å²) in [4.78, 5) is 35.4. The number of rotatable bonds is 6. The van der Waals surface area contributed by atoms with Crippen LogP contribution in [0.4, 0.5) is 16.4 Å². The molecular formula is C15H23ClN8O2. The van der Waals surface area contributed by atoms with E-state index < -0.39 is 11.9 Å². The van der Waals surface area contributed by atoms with Crippen molar-refractivity contribution in [1.29, 1.82) is 0 Å². The Kier molecular flexibility index (Phi) is 6.96. The number of nitrogens with two attached hydrogens (primary N) is 1. The Hall–Kier alpha value is -2.62. The molecule has 0 aromatic carbocycles. The van der Waals surface area contributed by atoms with Crippen molar-refractivity contribution in [3.63, 3.8) is 0 Å². The molecule has 0 unspecified atom stereocenters. The summed E-state index contributed by atoms with van der Waals surface area (Å²) in [7, 11) is 1.52. The topological polar surface area (TPSA) is 138 Å². The fourth-order valence-corrected chi connectivity index (χ4v) is 2.71. The lowest BCUT2D eigenvalue weighted by Gasteiger charge is -2.15. The van der Waals surface area contributed by atoms with Gasteiger partial charge in [-0.2, -0.15) is 4.99 Å². The van der Waals surface area contributed by atoms with Gasteiger partial charge in [0.1, 0.15) is 6.34 Å². The van der Waals surface area contributed by atoms with Gasteiger partial charge in [-0.25, -0.2) is 20.2 Å². The van der Waals surface area contributed by atoms with Crippen LogP contribution >= 0.6 is 11.6 Å². The maximum atomic E-state index is 12.2. The highest BCUT2D eigenvalue weighted by atomic mass is 35.5. The number of hydrazine groups is 1. The standard InChI is InChI=1S/C15H23ClN8O2/c1-3-18-15(26)23-24(2)8-19-14(25)10-12(17)22-13(11(16)21-10)20-9-6-4-5-7-9/h8-9H,3-7H2,1-2H3,(H3,17,20,22)(H2,18,23,26). The van der Waals surface area contributed by atoms with Gasteiger partial charge in [-0.15, -0.1) is 0 Å². The van der Waals surface area contributed by atoms with E-state index in [9.17, 15) is 9.59 Å². The quantitative estimate of drug-likeness (QED) is 0.331. The monoisotopic (exact) mass is 382 g/mol. The van der Waals surface area contributed by atoms with Crippen molar-refractivity contribution >= 4 is 41.5 Å². The number of aliphatic imine (C=N–C) groups is 1.